The van der Waals surface area contributed by atoms with Gasteiger partial charge in [-0.05, 0) is 6.08 Å². The van der Waals surface area contributed by atoms with Gasteiger partial charge in [-0.3, -0.25) is 19.2 Å². The van der Waals surface area contributed by atoms with E-state index in [2.05, 4.69) is 4.74 Å². The SMILES string of the molecule is COC(=O)C1=C[C@H](Cl)[C@@H](OC(C)=O)[C@H]([C@H](OC(C)=O)[C@@H](COC(C)=O)OC(C)=O)O1. The van der Waals surface area contributed by atoms with Crippen molar-refractivity contribution < 1.29 is 52.4 Å². The summed E-state index contributed by atoms with van der Waals surface area (Å²) in [4.78, 5) is 58.1. The second kappa shape index (κ2) is 11.4. The highest BCUT2D eigenvalue weighted by molar-refractivity contribution is 6.22. The molecule has 0 unspecified atom stereocenters. The monoisotopic (exact) mass is 450 g/mol. The van der Waals surface area contributed by atoms with Crippen LogP contribution >= 0.6 is 11.6 Å². The van der Waals surface area contributed by atoms with E-state index in [0.717, 1.165) is 40.9 Å². The minimum absolute atomic E-state index is 0.336. The van der Waals surface area contributed by atoms with Crippen molar-refractivity contribution in [3.05, 3.63) is 11.8 Å². The summed E-state index contributed by atoms with van der Waals surface area (Å²) in [7, 11) is 1.11. The lowest BCUT2D eigenvalue weighted by Gasteiger charge is -2.39. The van der Waals surface area contributed by atoms with Crippen LogP contribution in [-0.4, -0.2) is 73.4 Å². The second-order valence-corrected chi connectivity index (χ2v) is 6.65. The lowest BCUT2D eigenvalue weighted by Crippen LogP contribution is -2.56. The largest absolute Gasteiger partial charge is 0.475 e. The number of hydrogen-bond donors (Lipinski definition) is 0. The fourth-order valence-electron chi connectivity index (χ4n) is 2.62. The highest BCUT2D eigenvalue weighted by atomic mass is 35.5. The molecule has 0 amide bonds. The van der Waals surface area contributed by atoms with Gasteiger partial charge in [0.05, 0.1) is 12.5 Å². The van der Waals surface area contributed by atoms with E-state index in [1.807, 2.05) is 0 Å². The molecule has 0 aliphatic carbocycles. The van der Waals surface area contributed by atoms with Crippen LogP contribution < -0.4 is 0 Å². The van der Waals surface area contributed by atoms with Crippen molar-refractivity contribution in [3.63, 3.8) is 0 Å². The predicted molar refractivity (Wildman–Crippen MR) is 97.9 cm³/mol. The van der Waals surface area contributed by atoms with Crippen molar-refractivity contribution in [2.45, 2.75) is 57.5 Å². The van der Waals surface area contributed by atoms with Gasteiger partial charge in [0, 0.05) is 27.7 Å². The molecule has 0 N–H and O–H groups in total. The van der Waals surface area contributed by atoms with Gasteiger partial charge in [0.1, 0.15) is 6.61 Å². The van der Waals surface area contributed by atoms with Gasteiger partial charge < -0.3 is 28.4 Å². The summed E-state index contributed by atoms with van der Waals surface area (Å²) in [5.74, 6) is -4.25. The Balaban J connectivity index is 3.41. The predicted octanol–water partition coefficient (Wildman–Crippen LogP) is 0.408. The third kappa shape index (κ3) is 7.54. The number of carbonyl (C=O) groups excluding carboxylic acids is 5. The number of methoxy groups -OCH3 is 1. The highest BCUT2D eigenvalue weighted by Gasteiger charge is 2.48. The van der Waals surface area contributed by atoms with Gasteiger partial charge in [0.25, 0.3) is 0 Å². The molecule has 1 rings (SSSR count). The molecule has 11 nitrogen and oxygen atoms in total. The zero-order valence-electron chi connectivity index (χ0n) is 17.0. The van der Waals surface area contributed by atoms with Gasteiger partial charge in [0.15, 0.2) is 24.4 Å². The quantitative estimate of drug-likeness (QED) is 0.288. The molecule has 0 aromatic heterocycles. The molecule has 0 saturated carbocycles. The summed E-state index contributed by atoms with van der Waals surface area (Å²) in [5, 5.41) is -1.09. The normalized spacial score (nSPS) is 22.3. The number of carbonyl (C=O) groups is 5. The van der Waals surface area contributed by atoms with Crippen molar-refractivity contribution in [1.29, 1.82) is 0 Å². The molecule has 0 radical (unpaired) electrons. The Labute approximate surface area is 177 Å². The Morgan fingerprint density at radius 2 is 1.60 bits per heavy atom. The molecule has 12 heteroatoms. The minimum Gasteiger partial charge on any atom is -0.475 e. The fourth-order valence-corrected chi connectivity index (χ4v) is 2.93. The standard InChI is InChI=1S/C18H23ClO11/c1-8(20)26-7-14(27-9(2)21)16(29-11(4)23)17-15(28-10(3)22)12(19)6-13(30-17)18(24)25-5/h6,12,14-17H,7H2,1-5H3/t12-,14+,15+,16+,17+/m0/s1. The number of rotatable bonds is 8. The van der Waals surface area contributed by atoms with E-state index < -0.39 is 66.2 Å². The smallest absolute Gasteiger partial charge is 0.373 e. The lowest BCUT2D eigenvalue weighted by atomic mass is 9.97. The molecule has 0 spiro atoms. The van der Waals surface area contributed by atoms with E-state index in [1.54, 1.807) is 0 Å². The molecule has 30 heavy (non-hydrogen) atoms. The maximum Gasteiger partial charge on any atom is 0.373 e. The third-order valence-electron chi connectivity index (χ3n) is 3.66. The first-order chi connectivity index (χ1) is 14.0. The number of ether oxygens (including phenoxy) is 6. The Morgan fingerprint density at radius 3 is 2.07 bits per heavy atom. The summed E-state index contributed by atoms with van der Waals surface area (Å²) < 4.78 is 30.6. The van der Waals surface area contributed by atoms with E-state index in [4.69, 9.17) is 35.3 Å². The molecule has 1 aliphatic rings. The molecule has 0 bridgehead atoms. The minimum atomic E-state index is -1.47. The summed E-state index contributed by atoms with van der Waals surface area (Å²) in [5.41, 5.74) is 0. The average Bonchev–Trinajstić information content (AvgIpc) is 2.63. The fraction of sp³-hybridized carbons (Fsp3) is 0.611. The van der Waals surface area contributed by atoms with Crippen LogP contribution in [-0.2, 0) is 52.4 Å². The molecular formula is C18H23ClO11. The second-order valence-electron chi connectivity index (χ2n) is 6.15. The van der Waals surface area contributed by atoms with E-state index in [9.17, 15) is 24.0 Å². The molecule has 1 heterocycles. The highest BCUT2D eigenvalue weighted by Crippen LogP contribution is 2.30. The molecule has 0 aromatic carbocycles. The number of halogens is 1. The van der Waals surface area contributed by atoms with Crippen LogP contribution in [0.2, 0.25) is 0 Å². The topological polar surface area (TPSA) is 141 Å². The number of hydrogen-bond acceptors (Lipinski definition) is 11. The van der Waals surface area contributed by atoms with E-state index in [0.29, 0.717) is 0 Å². The van der Waals surface area contributed by atoms with Crippen LogP contribution in [0.15, 0.2) is 11.8 Å². The summed E-state index contributed by atoms with van der Waals surface area (Å²) in [6.07, 6.45) is -4.32. The van der Waals surface area contributed by atoms with E-state index in [1.165, 1.54) is 0 Å². The summed E-state index contributed by atoms with van der Waals surface area (Å²) in [6.45, 7) is 3.88. The molecule has 0 aromatic rings. The van der Waals surface area contributed by atoms with Crippen molar-refractivity contribution in [3.8, 4) is 0 Å². The average molecular weight is 451 g/mol. The Morgan fingerprint density at radius 1 is 1.00 bits per heavy atom. The molecule has 5 atom stereocenters. The van der Waals surface area contributed by atoms with Gasteiger partial charge in [0.2, 0.25) is 5.76 Å². The number of esters is 5. The number of alkyl halides is 1. The molecular weight excluding hydrogens is 428 g/mol. The van der Waals surface area contributed by atoms with Gasteiger partial charge in [-0.15, -0.1) is 11.6 Å². The van der Waals surface area contributed by atoms with Crippen molar-refractivity contribution in [2.24, 2.45) is 0 Å². The van der Waals surface area contributed by atoms with Crippen molar-refractivity contribution >= 4 is 41.4 Å². The molecule has 0 fully saturated rings. The summed E-state index contributed by atoms with van der Waals surface area (Å²) >= 11 is 6.26. The van der Waals surface area contributed by atoms with Crippen molar-refractivity contribution in [2.75, 3.05) is 13.7 Å². The van der Waals surface area contributed by atoms with Gasteiger partial charge in [-0.25, -0.2) is 4.79 Å². The van der Waals surface area contributed by atoms with Gasteiger partial charge >= 0.3 is 29.8 Å². The maximum absolute atomic E-state index is 11.9. The van der Waals surface area contributed by atoms with Gasteiger partial charge in [-0.2, -0.15) is 0 Å². The van der Waals surface area contributed by atoms with E-state index >= 15 is 0 Å². The lowest BCUT2D eigenvalue weighted by molar-refractivity contribution is -0.198. The Hall–Kier alpha value is -2.82. The zero-order chi connectivity index (χ0) is 23.0. The van der Waals surface area contributed by atoms with Crippen molar-refractivity contribution in [1.82, 2.24) is 0 Å². The Bertz CT molecular complexity index is 717. The first kappa shape index (κ1) is 25.2. The van der Waals surface area contributed by atoms with E-state index in [-0.39, 0.29) is 5.76 Å². The van der Waals surface area contributed by atoms with Crippen LogP contribution in [0.25, 0.3) is 0 Å². The molecule has 0 saturated heterocycles. The Kier molecular flexibility index (Phi) is 9.57. The third-order valence-corrected chi connectivity index (χ3v) is 4.03. The molecule has 1 aliphatic heterocycles. The van der Waals surface area contributed by atoms with Crippen LogP contribution in [0, 0.1) is 0 Å². The van der Waals surface area contributed by atoms with Crippen LogP contribution in [0.3, 0.4) is 0 Å². The first-order valence-electron chi connectivity index (χ1n) is 8.72. The molecule has 168 valence electrons. The van der Waals surface area contributed by atoms with Crippen LogP contribution in [0.1, 0.15) is 27.7 Å². The van der Waals surface area contributed by atoms with Crippen LogP contribution in [0.5, 0.6) is 0 Å². The zero-order valence-corrected chi connectivity index (χ0v) is 17.8. The van der Waals surface area contributed by atoms with Crippen LogP contribution in [0.4, 0.5) is 0 Å². The summed E-state index contributed by atoms with van der Waals surface area (Å²) in [6, 6.07) is 0. The maximum atomic E-state index is 11.9. The first-order valence-corrected chi connectivity index (χ1v) is 9.15. The van der Waals surface area contributed by atoms with Gasteiger partial charge in [-0.1, -0.05) is 0 Å².